The lowest BCUT2D eigenvalue weighted by molar-refractivity contribution is -0.136. The molecule has 0 unspecified atom stereocenters. The first-order valence-electron chi connectivity index (χ1n) is 3.73. The van der Waals surface area contributed by atoms with Gasteiger partial charge < -0.3 is 10.1 Å². The molecule has 0 aromatic rings. The van der Waals surface area contributed by atoms with E-state index in [0.29, 0.717) is 5.70 Å². The number of nitrogens with one attached hydrogen (secondary N) is 1. The van der Waals surface area contributed by atoms with Crippen LogP contribution in [0.3, 0.4) is 0 Å². The maximum atomic E-state index is 10.7. The number of esters is 1. The first kappa shape index (κ1) is 10.0. The Labute approximate surface area is 67.4 Å². The summed E-state index contributed by atoms with van der Waals surface area (Å²) in [6.07, 6.45) is 2.14. The van der Waals surface area contributed by atoms with Crippen molar-refractivity contribution in [1.82, 2.24) is 5.32 Å². The Balaban J connectivity index is 3.44. The largest absolute Gasteiger partial charge is 0.464 e. The summed E-state index contributed by atoms with van der Waals surface area (Å²) in [7, 11) is 1.34. The van der Waals surface area contributed by atoms with Gasteiger partial charge in [0, 0.05) is 6.54 Å². The van der Waals surface area contributed by atoms with Crippen LogP contribution in [0.4, 0.5) is 0 Å². The minimum absolute atomic E-state index is 0.334. The molecule has 0 aliphatic rings. The van der Waals surface area contributed by atoms with Crippen LogP contribution >= 0.6 is 0 Å². The summed E-state index contributed by atoms with van der Waals surface area (Å²) in [6.45, 7) is 6.38. The third-order valence-corrected chi connectivity index (χ3v) is 1.30. The van der Waals surface area contributed by atoms with Gasteiger partial charge in [0.05, 0.1) is 7.11 Å². The summed E-state index contributed by atoms with van der Waals surface area (Å²) in [5, 5.41) is 2.87. The molecule has 0 amide bonds. The van der Waals surface area contributed by atoms with Crippen molar-refractivity contribution in [3.63, 3.8) is 0 Å². The van der Waals surface area contributed by atoms with Crippen molar-refractivity contribution in [2.45, 2.75) is 19.8 Å². The summed E-state index contributed by atoms with van der Waals surface area (Å²) in [5.41, 5.74) is 0.334. The Morgan fingerprint density at radius 3 is 2.73 bits per heavy atom. The van der Waals surface area contributed by atoms with E-state index in [4.69, 9.17) is 0 Å². The first-order chi connectivity index (χ1) is 5.22. The van der Waals surface area contributed by atoms with Crippen molar-refractivity contribution >= 4 is 5.97 Å². The average Bonchev–Trinajstić information content (AvgIpc) is 2.03. The number of carbonyl (C=O) groups excluding carboxylic acids is 1. The molecule has 0 aromatic heterocycles. The van der Waals surface area contributed by atoms with Crippen molar-refractivity contribution in [3.8, 4) is 0 Å². The van der Waals surface area contributed by atoms with E-state index in [1.807, 2.05) is 0 Å². The maximum absolute atomic E-state index is 10.7. The zero-order valence-electron chi connectivity index (χ0n) is 7.14. The average molecular weight is 157 g/mol. The van der Waals surface area contributed by atoms with E-state index in [1.54, 1.807) is 0 Å². The Bertz CT molecular complexity index is 143. The molecule has 0 bridgehead atoms. The minimum Gasteiger partial charge on any atom is -0.464 e. The van der Waals surface area contributed by atoms with Crippen LogP contribution in [0.1, 0.15) is 19.8 Å². The second-order valence-corrected chi connectivity index (χ2v) is 2.25. The highest BCUT2D eigenvalue weighted by Crippen LogP contribution is 1.89. The molecule has 0 aromatic carbocycles. The Morgan fingerprint density at radius 1 is 1.64 bits per heavy atom. The van der Waals surface area contributed by atoms with E-state index in [1.165, 1.54) is 7.11 Å². The van der Waals surface area contributed by atoms with Crippen LogP contribution in [0.15, 0.2) is 12.3 Å². The minimum atomic E-state index is -0.388. The second kappa shape index (κ2) is 5.77. The number of methoxy groups -OCH3 is 1. The van der Waals surface area contributed by atoms with Crippen molar-refractivity contribution in [2.24, 2.45) is 0 Å². The highest BCUT2D eigenvalue weighted by atomic mass is 16.5. The fraction of sp³-hybridized carbons (Fsp3) is 0.625. The van der Waals surface area contributed by atoms with Gasteiger partial charge in [0.2, 0.25) is 0 Å². The van der Waals surface area contributed by atoms with Crippen LogP contribution in [-0.2, 0) is 9.53 Å². The van der Waals surface area contributed by atoms with Crippen LogP contribution in [0, 0.1) is 0 Å². The molecule has 0 rings (SSSR count). The SMILES string of the molecule is C=C(NCCCC)C(=O)OC. The Morgan fingerprint density at radius 2 is 2.27 bits per heavy atom. The van der Waals surface area contributed by atoms with Crippen molar-refractivity contribution in [1.29, 1.82) is 0 Å². The third kappa shape index (κ3) is 4.42. The molecule has 0 spiro atoms. The van der Waals surface area contributed by atoms with Gasteiger partial charge in [-0.15, -0.1) is 0 Å². The standard InChI is InChI=1S/C8H15NO2/c1-4-5-6-9-7(2)8(10)11-3/h9H,2,4-6H2,1,3H3. The van der Waals surface area contributed by atoms with E-state index < -0.39 is 0 Å². The monoisotopic (exact) mass is 157 g/mol. The second-order valence-electron chi connectivity index (χ2n) is 2.25. The summed E-state index contributed by atoms with van der Waals surface area (Å²) < 4.78 is 4.44. The molecule has 3 heteroatoms. The van der Waals surface area contributed by atoms with Gasteiger partial charge in [0.15, 0.2) is 0 Å². The molecule has 1 N–H and O–H groups in total. The normalized spacial score (nSPS) is 8.91. The highest BCUT2D eigenvalue weighted by Gasteiger charge is 2.03. The van der Waals surface area contributed by atoms with Gasteiger partial charge in [0.25, 0.3) is 0 Å². The molecule has 0 atom stereocenters. The molecule has 0 saturated heterocycles. The molecule has 64 valence electrons. The van der Waals surface area contributed by atoms with E-state index in [2.05, 4.69) is 23.6 Å². The van der Waals surface area contributed by atoms with Crippen molar-refractivity contribution in [2.75, 3.05) is 13.7 Å². The summed E-state index contributed by atoms with van der Waals surface area (Å²) >= 11 is 0. The summed E-state index contributed by atoms with van der Waals surface area (Å²) in [6, 6.07) is 0. The fourth-order valence-corrected chi connectivity index (χ4v) is 0.611. The molecule has 0 fully saturated rings. The lowest BCUT2D eigenvalue weighted by Gasteiger charge is -2.05. The molecule has 11 heavy (non-hydrogen) atoms. The maximum Gasteiger partial charge on any atom is 0.353 e. The lowest BCUT2D eigenvalue weighted by atomic mass is 10.3. The molecular weight excluding hydrogens is 142 g/mol. The highest BCUT2D eigenvalue weighted by molar-refractivity contribution is 5.86. The third-order valence-electron chi connectivity index (χ3n) is 1.30. The van der Waals surface area contributed by atoms with Crippen molar-refractivity contribution < 1.29 is 9.53 Å². The number of carbonyl (C=O) groups is 1. The lowest BCUT2D eigenvalue weighted by Crippen LogP contribution is -2.21. The Kier molecular flexibility index (Phi) is 5.25. The molecule has 3 nitrogen and oxygen atoms in total. The number of rotatable bonds is 5. The predicted molar refractivity (Wildman–Crippen MR) is 44.1 cm³/mol. The summed E-state index contributed by atoms with van der Waals surface area (Å²) in [4.78, 5) is 10.7. The number of unbranched alkanes of at least 4 members (excludes halogenated alkanes) is 1. The zero-order chi connectivity index (χ0) is 8.69. The van der Waals surface area contributed by atoms with E-state index in [0.717, 1.165) is 19.4 Å². The molecule has 0 saturated carbocycles. The quantitative estimate of drug-likeness (QED) is 0.368. The predicted octanol–water partition coefficient (Wildman–Crippen LogP) is 1.06. The van der Waals surface area contributed by atoms with Gasteiger partial charge in [-0.05, 0) is 6.42 Å². The van der Waals surface area contributed by atoms with E-state index >= 15 is 0 Å². The van der Waals surface area contributed by atoms with Gasteiger partial charge in [-0.1, -0.05) is 19.9 Å². The van der Waals surface area contributed by atoms with Gasteiger partial charge >= 0.3 is 5.97 Å². The molecular formula is C8H15NO2. The number of hydrogen-bond acceptors (Lipinski definition) is 3. The van der Waals surface area contributed by atoms with E-state index in [-0.39, 0.29) is 5.97 Å². The fourth-order valence-electron chi connectivity index (χ4n) is 0.611. The van der Waals surface area contributed by atoms with Crippen LogP contribution in [-0.4, -0.2) is 19.6 Å². The van der Waals surface area contributed by atoms with Gasteiger partial charge in [0.1, 0.15) is 5.70 Å². The molecule has 0 aliphatic heterocycles. The van der Waals surface area contributed by atoms with Gasteiger partial charge in [-0.3, -0.25) is 0 Å². The number of hydrogen-bond donors (Lipinski definition) is 1. The Hall–Kier alpha value is -0.990. The van der Waals surface area contributed by atoms with Crippen molar-refractivity contribution in [3.05, 3.63) is 12.3 Å². The molecule has 0 aliphatic carbocycles. The van der Waals surface area contributed by atoms with Crippen LogP contribution in [0.5, 0.6) is 0 Å². The smallest absolute Gasteiger partial charge is 0.353 e. The van der Waals surface area contributed by atoms with Crippen LogP contribution < -0.4 is 5.32 Å². The first-order valence-corrected chi connectivity index (χ1v) is 3.73. The van der Waals surface area contributed by atoms with Gasteiger partial charge in [-0.25, -0.2) is 4.79 Å². The summed E-state index contributed by atoms with van der Waals surface area (Å²) in [5.74, 6) is -0.388. The topological polar surface area (TPSA) is 38.3 Å². The molecule has 0 heterocycles. The molecule has 0 radical (unpaired) electrons. The van der Waals surface area contributed by atoms with Gasteiger partial charge in [-0.2, -0.15) is 0 Å². The number of ether oxygens (including phenoxy) is 1. The van der Waals surface area contributed by atoms with Crippen LogP contribution in [0.2, 0.25) is 0 Å². The zero-order valence-corrected chi connectivity index (χ0v) is 7.14. The van der Waals surface area contributed by atoms with Crippen LogP contribution in [0.25, 0.3) is 0 Å². The van der Waals surface area contributed by atoms with E-state index in [9.17, 15) is 4.79 Å².